The molecule has 0 bridgehead atoms. The van der Waals surface area contributed by atoms with Gasteiger partial charge in [0, 0.05) is 19.8 Å². The third-order valence-electron chi connectivity index (χ3n) is 2.99. The summed E-state index contributed by atoms with van der Waals surface area (Å²) < 4.78 is 28.6. The van der Waals surface area contributed by atoms with Crippen molar-refractivity contribution in [3.8, 4) is 0 Å². The van der Waals surface area contributed by atoms with Crippen LogP contribution < -0.4 is 5.32 Å². The van der Waals surface area contributed by atoms with Gasteiger partial charge in [0.15, 0.2) is 14.9 Å². The lowest BCUT2D eigenvalue weighted by Crippen LogP contribution is -2.28. The Kier molecular flexibility index (Phi) is 5.53. The van der Waals surface area contributed by atoms with Crippen LogP contribution in [0.25, 0.3) is 0 Å². The van der Waals surface area contributed by atoms with E-state index in [4.69, 9.17) is 4.74 Å². The maximum atomic E-state index is 12.2. The molecule has 0 saturated heterocycles. The zero-order chi connectivity index (χ0) is 15.4. The second kappa shape index (κ2) is 6.54. The van der Waals surface area contributed by atoms with E-state index >= 15 is 0 Å². The van der Waals surface area contributed by atoms with Crippen LogP contribution in [-0.2, 0) is 14.6 Å². The molecule has 20 heavy (non-hydrogen) atoms. The molecule has 1 aromatic heterocycles. The van der Waals surface area contributed by atoms with Gasteiger partial charge in [-0.2, -0.15) is 0 Å². The molecule has 0 fully saturated rings. The molecule has 6 heteroatoms. The van der Waals surface area contributed by atoms with Crippen LogP contribution in [0.4, 0.5) is 5.69 Å². The SMILES string of the molecule is COCCC(C)Nc1ccc(S(=O)(=O)C(C)(C)C)nc1. The van der Waals surface area contributed by atoms with Gasteiger partial charge in [-0.15, -0.1) is 0 Å². The Hall–Kier alpha value is -1.14. The molecule has 0 spiro atoms. The largest absolute Gasteiger partial charge is 0.385 e. The summed E-state index contributed by atoms with van der Waals surface area (Å²) >= 11 is 0. The number of nitrogens with zero attached hydrogens (tertiary/aromatic N) is 1. The number of aromatic nitrogens is 1. The minimum absolute atomic E-state index is 0.111. The summed E-state index contributed by atoms with van der Waals surface area (Å²) in [5.74, 6) is 0. The number of anilines is 1. The summed E-state index contributed by atoms with van der Waals surface area (Å²) in [6.07, 6.45) is 2.43. The maximum Gasteiger partial charge on any atom is 0.200 e. The molecule has 114 valence electrons. The molecule has 5 nitrogen and oxygen atoms in total. The highest BCUT2D eigenvalue weighted by Crippen LogP contribution is 2.23. The Bertz CT molecular complexity index is 518. The molecular formula is C14H24N2O3S. The summed E-state index contributed by atoms with van der Waals surface area (Å²) in [6.45, 7) is 7.73. The number of methoxy groups -OCH3 is 1. The van der Waals surface area contributed by atoms with Crippen LogP contribution in [0.3, 0.4) is 0 Å². The van der Waals surface area contributed by atoms with Crippen molar-refractivity contribution < 1.29 is 13.2 Å². The van der Waals surface area contributed by atoms with Gasteiger partial charge in [0.1, 0.15) is 0 Å². The van der Waals surface area contributed by atoms with Gasteiger partial charge in [-0.05, 0) is 46.2 Å². The number of nitrogens with one attached hydrogen (secondary N) is 1. The van der Waals surface area contributed by atoms with E-state index in [2.05, 4.69) is 10.3 Å². The van der Waals surface area contributed by atoms with Gasteiger partial charge < -0.3 is 10.1 Å². The first-order valence-corrected chi connectivity index (χ1v) is 8.13. The average molecular weight is 300 g/mol. The Balaban J connectivity index is 2.80. The highest BCUT2D eigenvalue weighted by Gasteiger charge is 2.31. The number of sulfone groups is 1. The van der Waals surface area contributed by atoms with Crippen LogP contribution in [0, 0.1) is 0 Å². The standard InChI is InChI=1S/C14H24N2O3S/c1-11(8-9-19-5)16-12-6-7-13(15-10-12)20(17,18)14(2,3)4/h6-7,10-11,16H,8-9H2,1-5H3. The van der Waals surface area contributed by atoms with Crippen molar-refractivity contribution in [1.82, 2.24) is 4.98 Å². The third kappa shape index (κ3) is 4.18. The lowest BCUT2D eigenvalue weighted by molar-refractivity contribution is 0.191. The lowest BCUT2D eigenvalue weighted by Gasteiger charge is -2.19. The molecule has 1 heterocycles. The molecule has 1 N–H and O–H groups in total. The second-order valence-electron chi connectivity index (χ2n) is 5.83. The number of rotatable bonds is 6. The fourth-order valence-electron chi connectivity index (χ4n) is 1.59. The van der Waals surface area contributed by atoms with Crippen LogP contribution in [0.5, 0.6) is 0 Å². The van der Waals surface area contributed by atoms with Crippen molar-refractivity contribution in [3.63, 3.8) is 0 Å². The van der Waals surface area contributed by atoms with E-state index in [1.807, 2.05) is 6.92 Å². The first-order chi connectivity index (χ1) is 9.18. The van der Waals surface area contributed by atoms with E-state index in [0.717, 1.165) is 12.1 Å². The molecule has 1 aromatic rings. The fourth-order valence-corrected chi connectivity index (χ4v) is 2.66. The van der Waals surface area contributed by atoms with Gasteiger partial charge in [0.05, 0.1) is 16.6 Å². The van der Waals surface area contributed by atoms with Crippen molar-refractivity contribution in [3.05, 3.63) is 18.3 Å². The fraction of sp³-hybridized carbons (Fsp3) is 0.643. The molecule has 0 aliphatic heterocycles. The summed E-state index contributed by atoms with van der Waals surface area (Å²) in [5.41, 5.74) is 0.807. The normalized spacial score (nSPS) is 14.1. The van der Waals surface area contributed by atoms with Gasteiger partial charge in [-0.25, -0.2) is 13.4 Å². The summed E-state index contributed by atoms with van der Waals surface area (Å²) in [7, 11) is -1.73. The molecule has 0 amide bonds. The van der Waals surface area contributed by atoms with E-state index in [9.17, 15) is 8.42 Å². The highest BCUT2D eigenvalue weighted by molar-refractivity contribution is 7.92. The van der Waals surface area contributed by atoms with E-state index in [1.165, 1.54) is 0 Å². The van der Waals surface area contributed by atoms with E-state index in [-0.39, 0.29) is 11.1 Å². The predicted molar refractivity (Wildman–Crippen MR) is 80.8 cm³/mol. The quantitative estimate of drug-likeness (QED) is 0.874. The molecule has 0 saturated carbocycles. The third-order valence-corrected chi connectivity index (χ3v) is 5.39. The maximum absolute atomic E-state index is 12.2. The highest BCUT2D eigenvalue weighted by atomic mass is 32.2. The van der Waals surface area contributed by atoms with Gasteiger partial charge in [-0.1, -0.05) is 0 Å². The molecule has 1 atom stereocenters. The molecule has 0 aliphatic carbocycles. The number of hydrogen-bond acceptors (Lipinski definition) is 5. The van der Waals surface area contributed by atoms with E-state index < -0.39 is 14.6 Å². The van der Waals surface area contributed by atoms with Gasteiger partial charge >= 0.3 is 0 Å². The van der Waals surface area contributed by atoms with Gasteiger partial charge in [0.2, 0.25) is 0 Å². The topological polar surface area (TPSA) is 68.3 Å². The van der Waals surface area contributed by atoms with Crippen molar-refractivity contribution in [1.29, 1.82) is 0 Å². The summed E-state index contributed by atoms with van der Waals surface area (Å²) in [6, 6.07) is 3.53. The number of hydrogen-bond donors (Lipinski definition) is 1. The Morgan fingerprint density at radius 3 is 2.45 bits per heavy atom. The molecule has 0 aromatic carbocycles. The van der Waals surface area contributed by atoms with Crippen LogP contribution in [0.1, 0.15) is 34.1 Å². The molecular weight excluding hydrogens is 276 g/mol. The van der Waals surface area contributed by atoms with Crippen LogP contribution in [0.2, 0.25) is 0 Å². The first-order valence-electron chi connectivity index (χ1n) is 6.64. The van der Waals surface area contributed by atoms with Crippen molar-refractivity contribution in [2.45, 2.75) is 49.9 Å². The smallest absolute Gasteiger partial charge is 0.200 e. The Labute approximate surface area is 121 Å². The molecule has 0 radical (unpaired) electrons. The lowest BCUT2D eigenvalue weighted by atomic mass is 10.2. The van der Waals surface area contributed by atoms with Gasteiger partial charge in [0.25, 0.3) is 0 Å². The number of ether oxygens (including phenoxy) is 1. The monoisotopic (exact) mass is 300 g/mol. The van der Waals surface area contributed by atoms with Crippen molar-refractivity contribution in [2.24, 2.45) is 0 Å². The van der Waals surface area contributed by atoms with Crippen molar-refractivity contribution in [2.75, 3.05) is 19.0 Å². The zero-order valence-electron chi connectivity index (χ0n) is 12.8. The minimum atomic E-state index is -3.39. The Morgan fingerprint density at radius 1 is 1.35 bits per heavy atom. The predicted octanol–water partition coefficient (Wildman–Crippen LogP) is 2.49. The molecule has 1 unspecified atom stereocenters. The van der Waals surface area contributed by atoms with Crippen LogP contribution in [0.15, 0.2) is 23.4 Å². The summed E-state index contributed by atoms with van der Waals surface area (Å²) in [5, 5.41) is 3.37. The number of pyridine rings is 1. The summed E-state index contributed by atoms with van der Waals surface area (Å²) in [4.78, 5) is 4.07. The van der Waals surface area contributed by atoms with E-state index in [0.29, 0.717) is 6.61 Å². The Morgan fingerprint density at radius 2 is 2.00 bits per heavy atom. The van der Waals surface area contributed by atoms with E-state index in [1.54, 1.807) is 46.2 Å². The first kappa shape index (κ1) is 16.9. The van der Waals surface area contributed by atoms with Crippen LogP contribution >= 0.6 is 0 Å². The molecule has 0 aliphatic rings. The van der Waals surface area contributed by atoms with Crippen molar-refractivity contribution >= 4 is 15.5 Å². The van der Waals surface area contributed by atoms with Gasteiger partial charge in [-0.3, -0.25) is 0 Å². The molecule has 1 rings (SSSR count). The second-order valence-corrected chi connectivity index (χ2v) is 8.48. The van der Waals surface area contributed by atoms with Crippen LogP contribution in [-0.4, -0.2) is 37.9 Å². The minimum Gasteiger partial charge on any atom is -0.385 e. The zero-order valence-corrected chi connectivity index (χ0v) is 13.6. The average Bonchev–Trinajstić information content (AvgIpc) is 2.35.